The largest absolute Gasteiger partial charge is 0.465 e. The van der Waals surface area contributed by atoms with Gasteiger partial charge in [-0.05, 0) is 30.3 Å². The summed E-state index contributed by atoms with van der Waals surface area (Å²) >= 11 is 6.20. The van der Waals surface area contributed by atoms with Gasteiger partial charge in [-0.25, -0.2) is 9.59 Å². The number of carbonyl (C=O) groups is 2. The number of nitrogens with one attached hydrogen (secondary N) is 1. The first-order valence-corrected chi connectivity index (χ1v) is 9.21. The maximum absolute atomic E-state index is 13.5. The molecule has 9 heteroatoms. The standard InChI is InChI=1S/C21H13ClN2O6/c1-28-18(25)15-17(23)30-16-10-4-2-3-5-13(10)29-19(26)14(16)21(15)11-8-9(22)6-7-12(11)24-20(21)27/h2-8H,23H2,1H3,(H,24,27). The third-order valence-electron chi connectivity index (χ3n) is 5.34. The van der Waals surface area contributed by atoms with E-state index in [0.717, 1.165) is 7.11 Å². The minimum atomic E-state index is -1.95. The Labute approximate surface area is 173 Å². The second kappa shape index (κ2) is 6.11. The molecule has 2 aliphatic rings. The molecule has 0 saturated carbocycles. The molecular formula is C21H13ClN2O6. The van der Waals surface area contributed by atoms with Crippen molar-refractivity contribution < 1.29 is 23.5 Å². The van der Waals surface area contributed by atoms with E-state index in [1.54, 1.807) is 36.4 Å². The van der Waals surface area contributed by atoms with Crippen LogP contribution in [0.2, 0.25) is 5.02 Å². The molecule has 1 atom stereocenters. The average Bonchev–Trinajstić information content (AvgIpc) is 2.99. The lowest BCUT2D eigenvalue weighted by atomic mass is 9.68. The van der Waals surface area contributed by atoms with Crippen molar-refractivity contribution in [2.75, 3.05) is 12.4 Å². The molecule has 150 valence electrons. The lowest BCUT2D eigenvalue weighted by molar-refractivity contribution is -0.138. The Balaban J connectivity index is 2.01. The maximum atomic E-state index is 13.5. The second-order valence-corrected chi connectivity index (χ2v) is 7.25. The molecule has 30 heavy (non-hydrogen) atoms. The Morgan fingerprint density at radius 2 is 1.97 bits per heavy atom. The zero-order valence-corrected chi connectivity index (χ0v) is 16.2. The van der Waals surface area contributed by atoms with E-state index >= 15 is 0 Å². The summed E-state index contributed by atoms with van der Waals surface area (Å²) in [7, 11) is 1.14. The minimum absolute atomic E-state index is 0.0370. The molecule has 0 saturated heterocycles. The molecule has 0 fully saturated rings. The van der Waals surface area contributed by atoms with Crippen LogP contribution in [0.5, 0.6) is 5.75 Å². The predicted octanol–water partition coefficient (Wildman–Crippen LogP) is 2.42. The Morgan fingerprint density at radius 3 is 2.73 bits per heavy atom. The van der Waals surface area contributed by atoms with Gasteiger partial charge in [0.1, 0.15) is 22.1 Å². The molecule has 3 N–H and O–H groups in total. The lowest BCUT2D eigenvalue weighted by Crippen LogP contribution is -2.48. The highest BCUT2D eigenvalue weighted by Crippen LogP contribution is 2.54. The van der Waals surface area contributed by atoms with Crippen molar-refractivity contribution in [3.8, 4) is 5.75 Å². The number of esters is 1. The quantitative estimate of drug-likeness (QED) is 0.454. The van der Waals surface area contributed by atoms with Crippen LogP contribution in [-0.4, -0.2) is 19.0 Å². The number of amides is 1. The number of halogens is 1. The molecule has 1 aromatic heterocycles. The molecule has 0 radical (unpaired) electrons. The highest BCUT2D eigenvalue weighted by molar-refractivity contribution is 6.31. The van der Waals surface area contributed by atoms with Gasteiger partial charge in [0.25, 0.3) is 0 Å². The fourth-order valence-corrected chi connectivity index (χ4v) is 4.32. The fourth-order valence-electron chi connectivity index (χ4n) is 4.15. The van der Waals surface area contributed by atoms with E-state index < -0.39 is 22.9 Å². The Hall–Kier alpha value is -3.78. The van der Waals surface area contributed by atoms with E-state index in [1.807, 2.05) is 0 Å². The van der Waals surface area contributed by atoms with Gasteiger partial charge in [-0.2, -0.15) is 0 Å². The predicted molar refractivity (Wildman–Crippen MR) is 107 cm³/mol. The molecule has 1 amide bonds. The van der Waals surface area contributed by atoms with E-state index in [9.17, 15) is 14.4 Å². The van der Waals surface area contributed by atoms with Crippen LogP contribution in [0.3, 0.4) is 0 Å². The van der Waals surface area contributed by atoms with Crippen molar-refractivity contribution in [2.45, 2.75) is 5.41 Å². The van der Waals surface area contributed by atoms with Gasteiger partial charge < -0.3 is 24.9 Å². The number of hydrogen-bond donors (Lipinski definition) is 2. The highest BCUT2D eigenvalue weighted by atomic mass is 35.5. The van der Waals surface area contributed by atoms with Crippen molar-refractivity contribution in [1.29, 1.82) is 0 Å². The summed E-state index contributed by atoms with van der Waals surface area (Å²) in [5, 5.41) is 3.41. The number of fused-ring (bicyclic) bond motifs is 6. The number of carbonyl (C=O) groups excluding carboxylic acids is 2. The van der Waals surface area contributed by atoms with E-state index in [-0.39, 0.29) is 33.9 Å². The van der Waals surface area contributed by atoms with Crippen molar-refractivity contribution >= 4 is 40.1 Å². The van der Waals surface area contributed by atoms with Crippen molar-refractivity contribution in [3.05, 3.63) is 80.5 Å². The van der Waals surface area contributed by atoms with Gasteiger partial charge in [-0.15, -0.1) is 0 Å². The molecular weight excluding hydrogens is 412 g/mol. The molecule has 5 rings (SSSR count). The normalized spacial score (nSPS) is 19.3. The lowest BCUT2D eigenvalue weighted by Gasteiger charge is -2.34. The number of nitrogens with two attached hydrogens (primary N) is 1. The Bertz CT molecular complexity index is 1380. The van der Waals surface area contributed by atoms with Gasteiger partial charge in [0.05, 0.1) is 12.5 Å². The minimum Gasteiger partial charge on any atom is -0.465 e. The number of hydrogen-bond acceptors (Lipinski definition) is 7. The molecule has 2 aromatic carbocycles. The number of anilines is 1. The summed E-state index contributed by atoms with van der Waals surface area (Å²) in [4.78, 5) is 39.4. The van der Waals surface area contributed by atoms with E-state index in [2.05, 4.69) is 5.32 Å². The number of methoxy groups -OCH3 is 1. The smallest absolute Gasteiger partial charge is 0.345 e. The number of rotatable bonds is 1. The molecule has 1 spiro atoms. The summed E-state index contributed by atoms with van der Waals surface area (Å²) in [5.74, 6) is -1.91. The van der Waals surface area contributed by atoms with Crippen LogP contribution < -0.4 is 21.4 Å². The van der Waals surface area contributed by atoms with Gasteiger partial charge in [-0.1, -0.05) is 23.7 Å². The van der Waals surface area contributed by atoms with Gasteiger partial charge in [-0.3, -0.25) is 4.79 Å². The molecule has 0 aliphatic carbocycles. The fraction of sp³-hybridized carbons (Fsp3) is 0.0952. The average molecular weight is 425 g/mol. The first-order chi connectivity index (χ1) is 14.4. The summed E-state index contributed by atoms with van der Waals surface area (Å²) in [5.41, 5.74) is 3.74. The molecule has 8 nitrogen and oxygen atoms in total. The highest BCUT2D eigenvalue weighted by Gasteiger charge is 2.61. The molecule has 3 aromatic rings. The van der Waals surface area contributed by atoms with Gasteiger partial charge in [0.15, 0.2) is 5.75 Å². The van der Waals surface area contributed by atoms with Crippen molar-refractivity contribution in [2.24, 2.45) is 5.73 Å². The van der Waals surface area contributed by atoms with E-state index in [0.29, 0.717) is 16.1 Å². The third kappa shape index (κ3) is 2.13. The molecule has 3 heterocycles. The van der Waals surface area contributed by atoms with Crippen LogP contribution in [0.25, 0.3) is 11.0 Å². The van der Waals surface area contributed by atoms with Crippen LogP contribution in [-0.2, 0) is 19.7 Å². The topological polar surface area (TPSA) is 121 Å². The zero-order valence-electron chi connectivity index (χ0n) is 15.4. The van der Waals surface area contributed by atoms with E-state index in [1.165, 1.54) is 6.07 Å². The number of para-hydroxylation sites is 1. The number of benzene rings is 2. The molecule has 1 unspecified atom stereocenters. The summed E-state index contributed by atoms with van der Waals surface area (Å²) < 4.78 is 16.1. The van der Waals surface area contributed by atoms with Crippen LogP contribution >= 0.6 is 11.6 Å². The van der Waals surface area contributed by atoms with Gasteiger partial charge in [0, 0.05) is 16.3 Å². The Morgan fingerprint density at radius 1 is 1.20 bits per heavy atom. The van der Waals surface area contributed by atoms with Crippen LogP contribution in [0.15, 0.2) is 63.1 Å². The van der Waals surface area contributed by atoms with E-state index in [4.69, 9.17) is 31.2 Å². The van der Waals surface area contributed by atoms with Crippen molar-refractivity contribution in [1.82, 2.24) is 0 Å². The summed E-state index contributed by atoms with van der Waals surface area (Å²) in [6.45, 7) is 0. The Kier molecular flexibility index (Phi) is 3.72. The van der Waals surface area contributed by atoms with Crippen LogP contribution in [0.1, 0.15) is 11.1 Å². The monoisotopic (exact) mass is 424 g/mol. The van der Waals surface area contributed by atoms with Gasteiger partial charge >= 0.3 is 11.6 Å². The van der Waals surface area contributed by atoms with Crippen LogP contribution in [0.4, 0.5) is 5.69 Å². The summed E-state index contributed by atoms with van der Waals surface area (Å²) in [6.07, 6.45) is 0. The first kappa shape index (κ1) is 18.3. The maximum Gasteiger partial charge on any atom is 0.345 e. The second-order valence-electron chi connectivity index (χ2n) is 6.82. The number of ether oxygens (including phenoxy) is 2. The molecule has 0 bridgehead atoms. The van der Waals surface area contributed by atoms with Crippen LogP contribution in [0, 0.1) is 0 Å². The first-order valence-electron chi connectivity index (χ1n) is 8.83. The van der Waals surface area contributed by atoms with Crippen molar-refractivity contribution in [3.63, 3.8) is 0 Å². The SMILES string of the molecule is COC(=O)C1=C(N)Oc2c(c(=O)oc3ccccc23)C12C(=O)Nc1ccc(Cl)cc12. The summed E-state index contributed by atoms with van der Waals surface area (Å²) in [6, 6.07) is 11.3. The van der Waals surface area contributed by atoms with Gasteiger partial charge in [0.2, 0.25) is 11.8 Å². The molecule has 2 aliphatic heterocycles. The zero-order chi connectivity index (χ0) is 21.2. The third-order valence-corrected chi connectivity index (χ3v) is 5.57.